The minimum atomic E-state index is -1.20. The van der Waals surface area contributed by atoms with E-state index < -0.39 is 11.0 Å². The predicted octanol–water partition coefficient (Wildman–Crippen LogP) is 3.90. The van der Waals surface area contributed by atoms with E-state index in [2.05, 4.69) is 12.1 Å². The van der Waals surface area contributed by atoms with Crippen LogP contribution < -0.4 is 0 Å². The number of nitriles is 2. The molecule has 2 rings (SSSR count). The molecular weight excluding hydrogens is 272 g/mol. The van der Waals surface area contributed by atoms with Crippen LogP contribution in [0.25, 0.3) is 0 Å². The maximum atomic E-state index is 9.64. The zero-order valence-electron chi connectivity index (χ0n) is 12.1. The number of hydrogen-bond donors (Lipinski definition) is 0. The van der Waals surface area contributed by atoms with Gasteiger partial charge in [0.2, 0.25) is 0 Å². The molecule has 2 atom stereocenters. The van der Waals surface area contributed by atoms with Gasteiger partial charge in [0.15, 0.2) is 5.41 Å². The summed E-state index contributed by atoms with van der Waals surface area (Å²) in [5.41, 5.74) is -1.40. The molecule has 1 aliphatic rings. The topological polar surface area (TPSA) is 56.8 Å². The molecule has 1 saturated carbocycles. The standard InChI is InChI=1S/C16H17ClN2O/c1-14(2)13(11-5-7-12(17)8-6-11)16(9-18,10-19)15(14,3)20-4/h5-8,13H,1-4H3/t13-,15+/m0/s1. The molecule has 1 aliphatic carbocycles. The third kappa shape index (κ3) is 1.48. The SMILES string of the molecule is CO[C@]1(C)C(C)(C)[C@H](c2ccc(Cl)cc2)C1(C#N)C#N. The Morgan fingerprint density at radius 1 is 1.10 bits per heavy atom. The van der Waals surface area contributed by atoms with E-state index >= 15 is 0 Å². The molecule has 0 heterocycles. The lowest BCUT2D eigenvalue weighted by molar-refractivity contribution is -0.237. The van der Waals surface area contributed by atoms with Crippen molar-refractivity contribution in [3.8, 4) is 12.1 Å². The highest BCUT2D eigenvalue weighted by Gasteiger charge is 2.76. The number of rotatable bonds is 2. The molecule has 4 heteroatoms. The lowest BCUT2D eigenvalue weighted by Crippen LogP contribution is -2.72. The molecule has 0 N–H and O–H groups in total. The van der Waals surface area contributed by atoms with Crippen LogP contribution in [0.2, 0.25) is 5.02 Å². The third-order valence-corrected chi connectivity index (χ3v) is 5.35. The van der Waals surface area contributed by atoms with E-state index in [0.29, 0.717) is 5.02 Å². The van der Waals surface area contributed by atoms with Crippen molar-refractivity contribution >= 4 is 11.6 Å². The quantitative estimate of drug-likeness (QED) is 0.829. The fourth-order valence-electron chi connectivity index (χ4n) is 3.64. The number of benzene rings is 1. The van der Waals surface area contributed by atoms with Gasteiger partial charge in [-0.2, -0.15) is 10.5 Å². The van der Waals surface area contributed by atoms with Crippen molar-refractivity contribution in [2.45, 2.75) is 32.3 Å². The molecule has 0 radical (unpaired) electrons. The Morgan fingerprint density at radius 3 is 2.00 bits per heavy atom. The van der Waals surface area contributed by atoms with Gasteiger partial charge in [-0.3, -0.25) is 0 Å². The normalized spacial score (nSPS) is 29.9. The van der Waals surface area contributed by atoms with Gasteiger partial charge in [0.25, 0.3) is 0 Å². The Hall–Kier alpha value is -1.55. The zero-order valence-corrected chi connectivity index (χ0v) is 12.8. The first kappa shape index (κ1) is 14.9. The molecule has 1 aromatic rings. The van der Waals surface area contributed by atoms with Crippen molar-refractivity contribution in [2.75, 3.05) is 7.11 Å². The summed E-state index contributed by atoms with van der Waals surface area (Å²) in [6, 6.07) is 11.7. The summed E-state index contributed by atoms with van der Waals surface area (Å²) in [7, 11) is 1.56. The molecule has 104 valence electrons. The highest BCUT2D eigenvalue weighted by Crippen LogP contribution is 2.71. The monoisotopic (exact) mass is 288 g/mol. The van der Waals surface area contributed by atoms with Crippen molar-refractivity contribution in [2.24, 2.45) is 10.8 Å². The van der Waals surface area contributed by atoms with E-state index in [1.165, 1.54) is 0 Å². The molecule has 20 heavy (non-hydrogen) atoms. The molecule has 1 aromatic carbocycles. The number of hydrogen-bond acceptors (Lipinski definition) is 3. The van der Waals surface area contributed by atoms with E-state index in [-0.39, 0.29) is 11.3 Å². The fraction of sp³-hybridized carbons (Fsp3) is 0.500. The van der Waals surface area contributed by atoms with Gasteiger partial charge >= 0.3 is 0 Å². The smallest absolute Gasteiger partial charge is 0.180 e. The van der Waals surface area contributed by atoms with E-state index in [9.17, 15) is 10.5 Å². The van der Waals surface area contributed by atoms with Gasteiger partial charge in [0.1, 0.15) is 5.60 Å². The van der Waals surface area contributed by atoms with Gasteiger partial charge in [-0.15, -0.1) is 0 Å². The van der Waals surface area contributed by atoms with Crippen LogP contribution in [-0.4, -0.2) is 12.7 Å². The Morgan fingerprint density at radius 2 is 1.60 bits per heavy atom. The first-order valence-electron chi connectivity index (χ1n) is 6.44. The summed E-state index contributed by atoms with van der Waals surface area (Å²) in [6.07, 6.45) is 0. The first-order chi connectivity index (χ1) is 9.30. The molecule has 0 bridgehead atoms. The molecule has 0 aromatic heterocycles. The summed E-state index contributed by atoms with van der Waals surface area (Å²) >= 11 is 5.92. The Balaban J connectivity index is 2.61. The maximum Gasteiger partial charge on any atom is 0.180 e. The Labute approximate surface area is 124 Å². The van der Waals surface area contributed by atoms with Gasteiger partial charge in [0.05, 0.1) is 12.1 Å². The second kappa shape index (κ2) is 4.48. The van der Waals surface area contributed by atoms with Gasteiger partial charge < -0.3 is 4.74 Å². The third-order valence-electron chi connectivity index (χ3n) is 5.10. The van der Waals surface area contributed by atoms with Crippen molar-refractivity contribution in [1.82, 2.24) is 0 Å². The van der Waals surface area contributed by atoms with Crippen molar-refractivity contribution in [1.29, 1.82) is 10.5 Å². The van der Waals surface area contributed by atoms with Crippen LogP contribution in [0.3, 0.4) is 0 Å². The molecule has 0 unspecified atom stereocenters. The molecule has 0 aliphatic heterocycles. The highest BCUT2D eigenvalue weighted by atomic mass is 35.5. The molecular formula is C16H17ClN2O. The largest absolute Gasteiger partial charge is 0.375 e. The van der Waals surface area contributed by atoms with Crippen LogP contribution in [0.4, 0.5) is 0 Å². The first-order valence-corrected chi connectivity index (χ1v) is 6.81. The molecule has 0 amide bonds. The lowest BCUT2D eigenvalue weighted by Gasteiger charge is -2.66. The van der Waals surface area contributed by atoms with Crippen LogP contribution in [0.1, 0.15) is 32.3 Å². The Bertz CT molecular complexity index is 595. The van der Waals surface area contributed by atoms with Crippen molar-refractivity contribution < 1.29 is 4.74 Å². The van der Waals surface area contributed by atoms with E-state index in [1.807, 2.05) is 32.9 Å². The molecule has 3 nitrogen and oxygen atoms in total. The average molecular weight is 289 g/mol. The van der Waals surface area contributed by atoms with E-state index in [4.69, 9.17) is 16.3 Å². The van der Waals surface area contributed by atoms with Gasteiger partial charge in [0, 0.05) is 23.5 Å². The van der Waals surface area contributed by atoms with Crippen molar-refractivity contribution in [3.63, 3.8) is 0 Å². The van der Waals surface area contributed by atoms with E-state index in [0.717, 1.165) is 5.56 Å². The summed E-state index contributed by atoms with van der Waals surface area (Å²) in [4.78, 5) is 0. The lowest BCUT2D eigenvalue weighted by atomic mass is 9.37. The summed E-state index contributed by atoms with van der Waals surface area (Å²) in [5.74, 6) is -0.216. The van der Waals surface area contributed by atoms with Gasteiger partial charge in [-0.25, -0.2) is 0 Å². The van der Waals surface area contributed by atoms with Crippen LogP contribution in [0.5, 0.6) is 0 Å². The van der Waals surface area contributed by atoms with Crippen LogP contribution >= 0.6 is 11.6 Å². The maximum absolute atomic E-state index is 9.64. The second-order valence-corrected chi connectivity index (χ2v) is 6.41. The number of halogens is 1. The summed E-state index contributed by atoms with van der Waals surface area (Å²) in [6.45, 7) is 5.90. The van der Waals surface area contributed by atoms with E-state index in [1.54, 1.807) is 19.2 Å². The predicted molar refractivity (Wildman–Crippen MR) is 77.0 cm³/mol. The minimum absolute atomic E-state index is 0.216. The number of methoxy groups -OCH3 is 1. The molecule has 0 spiro atoms. The number of ether oxygens (including phenoxy) is 1. The molecule has 0 saturated heterocycles. The van der Waals surface area contributed by atoms with Crippen LogP contribution in [-0.2, 0) is 4.74 Å². The summed E-state index contributed by atoms with van der Waals surface area (Å²) < 4.78 is 5.59. The Kier molecular flexibility index (Phi) is 3.33. The minimum Gasteiger partial charge on any atom is -0.375 e. The highest BCUT2D eigenvalue weighted by molar-refractivity contribution is 6.30. The van der Waals surface area contributed by atoms with Crippen LogP contribution in [0.15, 0.2) is 24.3 Å². The summed E-state index contributed by atoms with van der Waals surface area (Å²) in [5, 5.41) is 19.9. The number of nitrogens with zero attached hydrogens (tertiary/aromatic N) is 2. The van der Waals surface area contributed by atoms with Crippen molar-refractivity contribution in [3.05, 3.63) is 34.9 Å². The van der Waals surface area contributed by atoms with Gasteiger partial charge in [-0.1, -0.05) is 37.6 Å². The molecule has 1 fully saturated rings. The average Bonchev–Trinajstić information content (AvgIpc) is 2.44. The van der Waals surface area contributed by atoms with Crippen LogP contribution in [0, 0.1) is 33.5 Å². The zero-order chi connectivity index (χ0) is 15.2. The second-order valence-electron chi connectivity index (χ2n) is 5.98. The van der Waals surface area contributed by atoms with Gasteiger partial charge in [-0.05, 0) is 24.6 Å². The fourth-order valence-corrected chi connectivity index (χ4v) is 3.76.